The van der Waals surface area contributed by atoms with Gasteiger partial charge in [0.2, 0.25) is 5.91 Å². The molecule has 2 saturated carbocycles. The van der Waals surface area contributed by atoms with E-state index in [2.05, 4.69) is 23.2 Å². The lowest BCUT2D eigenvalue weighted by atomic mass is 9.89. The van der Waals surface area contributed by atoms with Gasteiger partial charge in [0.1, 0.15) is 0 Å². The third-order valence-corrected chi connectivity index (χ3v) is 6.92. The highest BCUT2D eigenvalue weighted by atomic mass is 16.3. The number of rotatable bonds is 9. The maximum Gasteiger partial charge on any atom is 0.224 e. The van der Waals surface area contributed by atoms with Gasteiger partial charge in [0.15, 0.2) is 0 Å². The van der Waals surface area contributed by atoms with Crippen LogP contribution in [0.15, 0.2) is 54.1 Å². The second-order valence-corrected chi connectivity index (χ2v) is 9.37. The van der Waals surface area contributed by atoms with Crippen LogP contribution in [0.5, 0.6) is 0 Å². The number of aliphatic hydroxyl groups excluding tert-OH is 2. The number of aliphatic hydroxyl groups is 2. The van der Waals surface area contributed by atoms with Gasteiger partial charge in [0, 0.05) is 24.4 Å². The van der Waals surface area contributed by atoms with Gasteiger partial charge in [0.05, 0.1) is 12.2 Å². The highest BCUT2D eigenvalue weighted by Gasteiger charge is 2.44. The van der Waals surface area contributed by atoms with E-state index < -0.39 is 6.10 Å². The minimum Gasteiger partial charge on any atom is -0.392 e. The summed E-state index contributed by atoms with van der Waals surface area (Å²) < 4.78 is 0. The number of hydrogen-bond donors (Lipinski definition) is 3. The highest BCUT2D eigenvalue weighted by molar-refractivity contribution is 5.90. The summed E-state index contributed by atoms with van der Waals surface area (Å²) in [5.74, 6) is 7.14. The molecular formula is C28H37NO3. The zero-order valence-corrected chi connectivity index (χ0v) is 19.3. The van der Waals surface area contributed by atoms with Gasteiger partial charge >= 0.3 is 0 Å². The van der Waals surface area contributed by atoms with Gasteiger partial charge in [-0.2, -0.15) is 0 Å². The molecule has 0 aromatic heterocycles. The number of nitrogens with one attached hydrogen (secondary N) is 1. The monoisotopic (exact) mass is 435 g/mol. The van der Waals surface area contributed by atoms with Crippen LogP contribution in [0.1, 0.15) is 58.8 Å². The lowest BCUT2D eigenvalue weighted by molar-refractivity contribution is -0.116. The predicted octanol–water partition coefficient (Wildman–Crippen LogP) is 5.10. The normalized spacial score (nSPS) is 27.7. The molecule has 0 saturated heterocycles. The quantitative estimate of drug-likeness (QED) is 0.287. The van der Waals surface area contributed by atoms with Crippen LogP contribution in [0.2, 0.25) is 0 Å². The van der Waals surface area contributed by atoms with Crippen molar-refractivity contribution in [1.29, 1.82) is 0 Å². The molecule has 32 heavy (non-hydrogen) atoms. The van der Waals surface area contributed by atoms with Crippen molar-refractivity contribution < 1.29 is 15.0 Å². The average Bonchev–Trinajstić information content (AvgIpc) is 3.30. The average molecular weight is 436 g/mol. The van der Waals surface area contributed by atoms with Crippen molar-refractivity contribution in [2.75, 3.05) is 5.32 Å². The lowest BCUT2D eigenvalue weighted by Gasteiger charge is -2.19. The van der Waals surface area contributed by atoms with E-state index in [1.807, 2.05) is 56.3 Å². The topological polar surface area (TPSA) is 69.6 Å². The fourth-order valence-electron chi connectivity index (χ4n) is 5.07. The Balaban J connectivity index is 1.44. The number of amides is 1. The van der Waals surface area contributed by atoms with Crippen molar-refractivity contribution in [3.63, 3.8) is 0 Å². The number of para-hydroxylation sites is 1. The fraction of sp³-hybridized carbons (Fsp3) is 0.536. The molecule has 1 aromatic carbocycles. The summed E-state index contributed by atoms with van der Waals surface area (Å²) in [6.07, 6.45) is 11.2. The van der Waals surface area contributed by atoms with Crippen LogP contribution in [-0.4, -0.2) is 28.3 Å². The Bertz CT molecular complexity index is 864. The van der Waals surface area contributed by atoms with Crippen molar-refractivity contribution in [3.05, 3.63) is 54.1 Å². The Morgan fingerprint density at radius 1 is 1.28 bits per heavy atom. The number of unbranched alkanes of at least 4 members (excludes halogenated alkanes) is 1. The molecule has 0 aliphatic heterocycles. The Morgan fingerprint density at radius 2 is 2.06 bits per heavy atom. The van der Waals surface area contributed by atoms with Crippen molar-refractivity contribution in [1.82, 2.24) is 0 Å². The number of carbonyl (C=O) groups excluding carboxylic acids is 1. The molecule has 1 amide bonds. The summed E-state index contributed by atoms with van der Waals surface area (Å²) in [5.41, 5.74) is 2.30. The molecule has 2 aliphatic carbocycles. The first kappa shape index (κ1) is 24.3. The van der Waals surface area contributed by atoms with Crippen molar-refractivity contribution in [2.45, 2.75) is 71.0 Å². The van der Waals surface area contributed by atoms with Crippen LogP contribution in [0.25, 0.3) is 0 Å². The van der Waals surface area contributed by atoms with Crippen LogP contribution in [-0.2, 0) is 4.79 Å². The van der Waals surface area contributed by atoms with E-state index >= 15 is 0 Å². The third-order valence-electron chi connectivity index (χ3n) is 6.92. The Hall–Kier alpha value is -2.35. The standard InChI is InChI=1S/C28H37NO3/c1-3-4-10-20(2)26(30)16-15-24-25-18-21(17-22(25)19-27(24)31)11-8-9-14-28(32)29-23-12-6-5-7-13-23/h5-7,11-13,15-16,20,22,24-27,30-31H,8-10,14,17-19H2,1-2H3,(H,29,32)/b16-15+,21-11+/t20-,22-,24+,25-,26+,27+/m0/s1. The van der Waals surface area contributed by atoms with Gasteiger partial charge in [0.25, 0.3) is 0 Å². The number of anilines is 1. The zero-order chi connectivity index (χ0) is 22.9. The number of allylic oxidation sites excluding steroid dienone is 2. The second kappa shape index (κ2) is 12.0. The van der Waals surface area contributed by atoms with Gasteiger partial charge < -0.3 is 15.5 Å². The van der Waals surface area contributed by atoms with E-state index in [0.717, 1.165) is 37.8 Å². The molecule has 3 rings (SSSR count). The summed E-state index contributed by atoms with van der Waals surface area (Å²) in [4.78, 5) is 12.1. The summed E-state index contributed by atoms with van der Waals surface area (Å²) in [7, 11) is 0. The summed E-state index contributed by atoms with van der Waals surface area (Å²) >= 11 is 0. The van der Waals surface area contributed by atoms with Crippen molar-refractivity contribution in [3.8, 4) is 11.8 Å². The maximum absolute atomic E-state index is 12.1. The van der Waals surface area contributed by atoms with Crippen LogP contribution < -0.4 is 5.32 Å². The lowest BCUT2D eigenvalue weighted by Crippen LogP contribution is -2.19. The summed E-state index contributed by atoms with van der Waals surface area (Å²) in [6, 6.07) is 9.56. The summed E-state index contributed by atoms with van der Waals surface area (Å²) in [5, 5.41) is 23.9. The van der Waals surface area contributed by atoms with Crippen molar-refractivity contribution >= 4 is 11.6 Å². The molecule has 6 atom stereocenters. The third kappa shape index (κ3) is 6.82. The molecule has 0 radical (unpaired) electrons. The van der Waals surface area contributed by atoms with E-state index in [1.165, 1.54) is 5.57 Å². The van der Waals surface area contributed by atoms with E-state index in [0.29, 0.717) is 24.7 Å². The fourth-order valence-corrected chi connectivity index (χ4v) is 5.07. The predicted molar refractivity (Wildman–Crippen MR) is 130 cm³/mol. The van der Waals surface area contributed by atoms with Gasteiger partial charge in [-0.05, 0) is 68.9 Å². The highest BCUT2D eigenvalue weighted by Crippen LogP contribution is 2.50. The smallest absolute Gasteiger partial charge is 0.224 e. The Morgan fingerprint density at radius 3 is 2.81 bits per heavy atom. The Labute approximate surface area is 192 Å². The van der Waals surface area contributed by atoms with Crippen LogP contribution in [0.3, 0.4) is 0 Å². The maximum atomic E-state index is 12.1. The first-order valence-electron chi connectivity index (χ1n) is 11.9. The van der Waals surface area contributed by atoms with Crippen molar-refractivity contribution in [2.24, 2.45) is 23.7 Å². The number of hydrogen-bond acceptors (Lipinski definition) is 3. The number of carbonyl (C=O) groups is 1. The molecule has 4 nitrogen and oxygen atoms in total. The van der Waals surface area contributed by atoms with Gasteiger partial charge in [-0.25, -0.2) is 0 Å². The molecule has 172 valence electrons. The largest absolute Gasteiger partial charge is 0.392 e. The molecule has 0 heterocycles. The van der Waals surface area contributed by atoms with Gasteiger partial charge in [-0.15, -0.1) is 11.8 Å². The SMILES string of the molecule is CC#CC[C@H](C)[C@H](O)/C=C/[C@@H]1[C@H]2C/C(=C/CCCC(=O)Nc3ccccc3)C[C@H]2C[C@H]1O. The Kier molecular flexibility index (Phi) is 9.14. The van der Waals surface area contributed by atoms with E-state index in [1.54, 1.807) is 0 Å². The van der Waals surface area contributed by atoms with Crippen LogP contribution in [0.4, 0.5) is 5.69 Å². The second-order valence-electron chi connectivity index (χ2n) is 9.37. The van der Waals surface area contributed by atoms with Gasteiger partial charge in [-0.1, -0.05) is 48.9 Å². The molecule has 2 fully saturated rings. The molecule has 0 bridgehead atoms. The minimum absolute atomic E-state index is 0.0592. The molecule has 1 aromatic rings. The molecule has 3 N–H and O–H groups in total. The first-order chi connectivity index (χ1) is 15.5. The van der Waals surface area contributed by atoms with Gasteiger partial charge in [-0.3, -0.25) is 4.79 Å². The van der Waals surface area contributed by atoms with Crippen LogP contribution in [0, 0.1) is 35.5 Å². The molecule has 0 unspecified atom stereocenters. The van der Waals surface area contributed by atoms with Crippen LogP contribution >= 0.6 is 0 Å². The zero-order valence-electron chi connectivity index (χ0n) is 19.3. The number of fused-ring (bicyclic) bond motifs is 1. The molecule has 4 heteroatoms. The molecule has 2 aliphatic rings. The molecule has 0 spiro atoms. The van der Waals surface area contributed by atoms with E-state index in [4.69, 9.17) is 0 Å². The first-order valence-corrected chi connectivity index (χ1v) is 11.9. The minimum atomic E-state index is -0.527. The number of benzene rings is 1. The van der Waals surface area contributed by atoms with E-state index in [9.17, 15) is 15.0 Å². The molecular weight excluding hydrogens is 398 g/mol. The summed E-state index contributed by atoms with van der Waals surface area (Å²) in [6.45, 7) is 3.82. The van der Waals surface area contributed by atoms with E-state index in [-0.39, 0.29) is 23.8 Å².